The molecule has 2 N–H and O–H groups in total. The number of halogens is 1. The minimum atomic E-state index is -1.30. The van der Waals surface area contributed by atoms with E-state index in [1.54, 1.807) is 0 Å². The summed E-state index contributed by atoms with van der Waals surface area (Å²) in [5.41, 5.74) is 0.194. The van der Waals surface area contributed by atoms with E-state index in [1.165, 1.54) is 30.3 Å². The molecule has 16 heavy (non-hydrogen) atoms. The summed E-state index contributed by atoms with van der Waals surface area (Å²) in [7, 11) is 0. The first-order valence-electron chi connectivity index (χ1n) is 4.40. The van der Waals surface area contributed by atoms with Gasteiger partial charge in [-0.25, -0.2) is 9.18 Å². The second-order valence-electron chi connectivity index (χ2n) is 3.10. The molecule has 1 rings (SSSR count). The highest BCUT2D eigenvalue weighted by Gasteiger charge is 2.11. The molecular weight excluding hydrogens is 215 g/mol. The molecule has 0 saturated carbocycles. The predicted molar refractivity (Wildman–Crippen MR) is 54.3 cm³/mol. The van der Waals surface area contributed by atoms with Gasteiger partial charge in [-0.2, -0.15) is 0 Å². The lowest BCUT2D eigenvalue weighted by atomic mass is 10.1. The number of rotatable bonds is 4. The maximum atomic E-state index is 12.6. The molecule has 0 aliphatic heterocycles. The molecule has 5 heteroatoms. The Kier molecular flexibility index (Phi) is 3.77. The van der Waals surface area contributed by atoms with Crippen molar-refractivity contribution in [1.82, 2.24) is 0 Å². The average molecular weight is 224 g/mol. The maximum Gasteiger partial charge on any atom is 0.332 e. The Hall–Kier alpha value is -2.17. The SMILES string of the molecule is O=C(O)C/C(=C\c1ccc(F)cc1)C(=O)O. The zero-order chi connectivity index (χ0) is 12.1. The van der Waals surface area contributed by atoms with Gasteiger partial charge in [0.2, 0.25) is 0 Å². The van der Waals surface area contributed by atoms with Gasteiger partial charge in [-0.1, -0.05) is 12.1 Å². The Balaban J connectivity index is 2.97. The van der Waals surface area contributed by atoms with Crippen molar-refractivity contribution < 1.29 is 24.2 Å². The van der Waals surface area contributed by atoms with Crippen LogP contribution in [0.4, 0.5) is 4.39 Å². The highest BCUT2D eigenvalue weighted by Crippen LogP contribution is 2.11. The zero-order valence-corrected chi connectivity index (χ0v) is 8.18. The molecule has 1 aromatic rings. The number of hydrogen-bond acceptors (Lipinski definition) is 2. The molecule has 1 aromatic carbocycles. The smallest absolute Gasteiger partial charge is 0.332 e. The van der Waals surface area contributed by atoms with Crippen molar-refractivity contribution in [2.75, 3.05) is 0 Å². The molecule has 0 fully saturated rings. The van der Waals surface area contributed by atoms with Gasteiger partial charge in [0.15, 0.2) is 0 Å². The molecule has 0 aliphatic carbocycles. The van der Waals surface area contributed by atoms with E-state index in [9.17, 15) is 14.0 Å². The summed E-state index contributed by atoms with van der Waals surface area (Å²) >= 11 is 0. The van der Waals surface area contributed by atoms with Crippen molar-refractivity contribution in [2.45, 2.75) is 6.42 Å². The second-order valence-corrected chi connectivity index (χ2v) is 3.10. The van der Waals surface area contributed by atoms with Gasteiger partial charge in [-0.05, 0) is 23.8 Å². The largest absolute Gasteiger partial charge is 0.481 e. The van der Waals surface area contributed by atoms with Gasteiger partial charge in [0.1, 0.15) is 5.82 Å². The van der Waals surface area contributed by atoms with E-state index in [0.717, 1.165) is 0 Å². The molecule has 0 heterocycles. The van der Waals surface area contributed by atoms with Gasteiger partial charge in [-0.15, -0.1) is 0 Å². The van der Waals surface area contributed by atoms with Crippen LogP contribution in [0.3, 0.4) is 0 Å². The molecular formula is C11H9FO4. The van der Waals surface area contributed by atoms with Gasteiger partial charge in [-0.3, -0.25) is 4.79 Å². The van der Waals surface area contributed by atoms with E-state index in [0.29, 0.717) is 5.56 Å². The third kappa shape index (κ3) is 3.53. The Morgan fingerprint density at radius 2 is 1.75 bits per heavy atom. The molecule has 0 aliphatic rings. The van der Waals surface area contributed by atoms with Gasteiger partial charge in [0.25, 0.3) is 0 Å². The molecule has 84 valence electrons. The minimum absolute atomic E-state index is 0.251. The lowest BCUT2D eigenvalue weighted by molar-refractivity contribution is -0.139. The summed E-state index contributed by atoms with van der Waals surface area (Å²) in [5, 5.41) is 17.2. The summed E-state index contributed by atoms with van der Waals surface area (Å²) in [4.78, 5) is 21.1. The first-order chi connectivity index (χ1) is 7.49. The van der Waals surface area contributed by atoms with Crippen LogP contribution in [0.25, 0.3) is 6.08 Å². The van der Waals surface area contributed by atoms with E-state index >= 15 is 0 Å². The fourth-order valence-corrected chi connectivity index (χ4v) is 1.11. The summed E-state index contributed by atoms with van der Waals surface area (Å²) in [6.45, 7) is 0. The lowest BCUT2D eigenvalue weighted by Gasteiger charge is -1.99. The van der Waals surface area contributed by atoms with E-state index in [4.69, 9.17) is 10.2 Å². The van der Waals surface area contributed by atoms with E-state index in [2.05, 4.69) is 0 Å². The van der Waals surface area contributed by atoms with Crippen LogP contribution >= 0.6 is 0 Å². The number of benzene rings is 1. The fourth-order valence-electron chi connectivity index (χ4n) is 1.11. The zero-order valence-electron chi connectivity index (χ0n) is 8.18. The molecule has 0 bridgehead atoms. The Morgan fingerprint density at radius 3 is 2.19 bits per heavy atom. The van der Waals surface area contributed by atoms with Crippen LogP contribution in [-0.2, 0) is 9.59 Å². The molecule has 0 unspecified atom stereocenters. The van der Waals surface area contributed by atoms with Crippen molar-refractivity contribution in [1.29, 1.82) is 0 Å². The molecule has 0 atom stereocenters. The number of aliphatic carboxylic acids is 2. The number of carboxylic acid groups (broad SMARTS) is 2. The molecule has 0 saturated heterocycles. The molecule has 4 nitrogen and oxygen atoms in total. The third-order valence-electron chi connectivity index (χ3n) is 1.83. The van der Waals surface area contributed by atoms with E-state index in [1.807, 2.05) is 0 Å². The monoisotopic (exact) mass is 224 g/mol. The molecule has 0 radical (unpaired) electrons. The lowest BCUT2D eigenvalue weighted by Crippen LogP contribution is -2.06. The fraction of sp³-hybridized carbons (Fsp3) is 0.0909. The Bertz CT molecular complexity index is 434. The average Bonchev–Trinajstić information content (AvgIpc) is 2.19. The van der Waals surface area contributed by atoms with Crippen molar-refractivity contribution in [3.8, 4) is 0 Å². The minimum Gasteiger partial charge on any atom is -0.481 e. The summed E-state index contributed by atoms with van der Waals surface area (Å²) in [6, 6.07) is 5.10. The topological polar surface area (TPSA) is 74.6 Å². The maximum absolute atomic E-state index is 12.6. The number of hydrogen-bond donors (Lipinski definition) is 2. The van der Waals surface area contributed by atoms with Gasteiger partial charge in [0, 0.05) is 5.57 Å². The van der Waals surface area contributed by atoms with Crippen molar-refractivity contribution in [2.24, 2.45) is 0 Å². The van der Waals surface area contributed by atoms with Crippen LogP contribution in [0.5, 0.6) is 0 Å². The molecule has 0 amide bonds. The first-order valence-corrected chi connectivity index (χ1v) is 4.40. The van der Waals surface area contributed by atoms with Gasteiger partial charge >= 0.3 is 11.9 Å². The van der Waals surface area contributed by atoms with Crippen molar-refractivity contribution >= 4 is 18.0 Å². The Morgan fingerprint density at radius 1 is 1.19 bits per heavy atom. The van der Waals surface area contributed by atoms with Crippen LogP contribution in [0.2, 0.25) is 0 Å². The molecule has 0 aromatic heterocycles. The van der Waals surface area contributed by atoms with E-state index in [-0.39, 0.29) is 5.57 Å². The second kappa shape index (κ2) is 5.06. The van der Waals surface area contributed by atoms with Gasteiger partial charge < -0.3 is 10.2 Å². The van der Waals surface area contributed by atoms with Crippen molar-refractivity contribution in [3.05, 3.63) is 41.2 Å². The van der Waals surface area contributed by atoms with Crippen LogP contribution in [0, 0.1) is 5.82 Å². The summed E-state index contributed by atoms with van der Waals surface area (Å²) < 4.78 is 12.6. The highest BCUT2D eigenvalue weighted by atomic mass is 19.1. The quantitative estimate of drug-likeness (QED) is 0.764. The van der Waals surface area contributed by atoms with Crippen molar-refractivity contribution in [3.63, 3.8) is 0 Å². The summed E-state index contributed by atoms with van der Waals surface area (Å²) in [6.07, 6.45) is 0.628. The highest BCUT2D eigenvalue weighted by molar-refractivity contribution is 5.96. The van der Waals surface area contributed by atoms with Gasteiger partial charge in [0.05, 0.1) is 6.42 Å². The number of carboxylic acids is 2. The summed E-state index contributed by atoms with van der Waals surface area (Å²) in [5.74, 6) is -2.96. The predicted octanol–water partition coefficient (Wildman–Crippen LogP) is 1.77. The normalized spacial score (nSPS) is 11.2. The van der Waals surface area contributed by atoms with Crippen LogP contribution < -0.4 is 0 Å². The molecule has 0 spiro atoms. The van der Waals surface area contributed by atoms with Crippen LogP contribution in [-0.4, -0.2) is 22.2 Å². The van der Waals surface area contributed by atoms with Crippen LogP contribution in [0.1, 0.15) is 12.0 Å². The third-order valence-corrected chi connectivity index (χ3v) is 1.83. The first kappa shape index (κ1) is 11.9. The Labute approximate surface area is 90.6 Å². The van der Waals surface area contributed by atoms with E-state index < -0.39 is 24.2 Å². The standard InChI is InChI=1S/C11H9FO4/c12-9-3-1-7(2-4-9)5-8(11(15)16)6-10(13)14/h1-5H,6H2,(H,13,14)(H,15,16)/b8-5+. The van der Waals surface area contributed by atoms with Crippen LogP contribution in [0.15, 0.2) is 29.8 Å². The number of carbonyl (C=O) groups is 2.